The largest absolute Gasteiger partial charge is 0.464 e. The first kappa shape index (κ1) is 17.3. The third-order valence-corrected chi connectivity index (χ3v) is 4.80. The van der Waals surface area contributed by atoms with Gasteiger partial charge in [0, 0.05) is 20.5 Å². The molecule has 2 heterocycles. The van der Waals surface area contributed by atoms with Crippen LogP contribution >= 0.6 is 0 Å². The molecule has 3 rings (SSSR count). The van der Waals surface area contributed by atoms with Gasteiger partial charge in [-0.1, -0.05) is 24.3 Å². The molecule has 1 aliphatic rings. The van der Waals surface area contributed by atoms with E-state index in [-0.39, 0.29) is 24.3 Å². The van der Waals surface area contributed by atoms with Gasteiger partial charge in [-0.15, -0.1) is 0 Å². The number of amides is 2. The molecule has 0 aliphatic carbocycles. The summed E-state index contributed by atoms with van der Waals surface area (Å²) in [5.41, 5.74) is 2.31. The Kier molecular flexibility index (Phi) is 4.93. The van der Waals surface area contributed by atoms with Crippen LogP contribution in [0.3, 0.4) is 0 Å². The molecule has 1 unspecified atom stereocenters. The molecule has 0 N–H and O–H groups in total. The molecule has 0 spiro atoms. The number of carbonyl (C=O) groups excluding carboxylic acids is 2. The van der Waals surface area contributed by atoms with Crippen LogP contribution in [0.2, 0.25) is 0 Å². The molecule has 5 nitrogen and oxygen atoms in total. The molecule has 0 radical (unpaired) electrons. The number of benzene rings is 1. The second-order valence-corrected chi connectivity index (χ2v) is 6.64. The third kappa shape index (κ3) is 3.76. The Morgan fingerprint density at radius 1 is 1.24 bits per heavy atom. The van der Waals surface area contributed by atoms with E-state index in [1.54, 1.807) is 18.9 Å². The molecule has 1 aromatic heterocycles. The molecule has 5 heteroatoms. The fourth-order valence-corrected chi connectivity index (χ4v) is 3.46. The molecule has 0 bridgehead atoms. The number of carbonyl (C=O) groups is 2. The van der Waals surface area contributed by atoms with Crippen molar-refractivity contribution in [1.29, 1.82) is 0 Å². The fourth-order valence-electron chi connectivity index (χ4n) is 3.46. The maximum atomic E-state index is 12.7. The summed E-state index contributed by atoms with van der Waals surface area (Å²) < 4.78 is 5.55. The van der Waals surface area contributed by atoms with E-state index in [0.717, 1.165) is 23.5 Å². The van der Waals surface area contributed by atoms with E-state index in [4.69, 9.17) is 4.42 Å². The number of furan rings is 1. The molecule has 1 atom stereocenters. The zero-order valence-electron chi connectivity index (χ0n) is 15.0. The standard InChI is InChI=1S/C20H24N2O3/c1-14-8-9-17(25-14)13-21(3)20(24)12-19-18-7-5-4-6-16(18)10-11-22(19)15(2)23/h4-9,19H,10-13H2,1-3H3. The first-order valence-corrected chi connectivity index (χ1v) is 8.60. The Morgan fingerprint density at radius 3 is 2.68 bits per heavy atom. The highest BCUT2D eigenvalue weighted by atomic mass is 16.3. The van der Waals surface area contributed by atoms with E-state index < -0.39 is 0 Å². The first-order chi connectivity index (χ1) is 12.0. The van der Waals surface area contributed by atoms with Crippen LogP contribution in [0.4, 0.5) is 0 Å². The van der Waals surface area contributed by atoms with Crippen molar-refractivity contribution >= 4 is 11.8 Å². The number of nitrogens with zero attached hydrogens (tertiary/aromatic N) is 2. The van der Waals surface area contributed by atoms with Crippen LogP contribution in [0, 0.1) is 6.92 Å². The van der Waals surface area contributed by atoms with Crippen molar-refractivity contribution in [3.63, 3.8) is 0 Å². The molecule has 1 aromatic carbocycles. The van der Waals surface area contributed by atoms with Gasteiger partial charge in [0.05, 0.1) is 19.0 Å². The average Bonchev–Trinajstić information content (AvgIpc) is 2.99. The maximum Gasteiger partial charge on any atom is 0.225 e. The zero-order valence-corrected chi connectivity index (χ0v) is 15.0. The van der Waals surface area contributed by atoms with Crippen LogP contribution < -0.4 is 0 Å². The second kappa shape index (κ2) is 7.13. The van der Waals surface area contributed by atoms with Crippen molar-refractivity contribution in [2.45, 2.75) is 39.3 Å². The minimum absolute atomic E-state index is 0.00186. The number of fused-ring (bicyclic) bond motifs is 1. The second-order valence-electron chi connectivity index (χ2n) is 6.64. The third-order valence-electron chi connectivity index (χ3n) is 4.80. The smallest absolute Gasteiger partial charge is 0.225 e. The summed E-state index contributed by atoms with van der Waals surface area (Å²) in [6, 6.07) is 11.7. The SMILES string of the molecule is CC(=O)N1CCc2ccccc2C1CC(=O)N(C)Cc1ccc(C)o1. The predicted octanol–water partition coefficient (Wildman–Crippen LogP) is 3.08. The fraction of sp³-hybridized carbons (Fsp3) is 0.400. The minimum Gasteiger partial charge on any atom is -0.464 e. The van der Waals surface area contributed by atoms with Crippen LogP contribution in [-0.2, 0) is 22.6 Å². The van der Waals surface area contributed by atoms with Gasteiger partial charge in [0.25, 0.3) is 0 Å². The molecular formula is C20H24N2O3. The summed E-state index contributed by atoms with van der Waals surface area (Å²) in [5.74, 6) is 1.61. The zero-order chi connectivity index (χ0) is 18.0. The van der Waals surface area contributed by atoms with Crippen molar-refractivity contribution in [3.8, 4) is 0 Å². The average molecular weight is 340 g/mol. The summed E-state index contributed by atoms with van der Waals surface area (Å²) in [7, 11) is 1.77. The maximum absolute atomic E-state index is 12.7. The number of hydrogen-bond donors (Lipinski definition) is 0. The van der Waals surface area contributed by atoms with Gasteiger partial charge in [0.2, 0.25) is 11.8 Å². The Bertz CT molecular complexity index is 781. The molecule has 2 amide bonds. The van der Waals surface area contributed by atoms with E-state index >= 15 is 0 Å². The first-order valence-electron chi connectivity index (χ1n) is 8.60. The van der Waals surface area contributed by atoms with Gasteiger partial charge in [-0.3, -0.25) is 9.59 Å². The van der Waals surface area contributed by atoms with Gasteiger partial charge in [-0.05, 0) is 36.6 Å². The lowest BCUT2D eigenvalue weighted by molar-refractivity contribution is -0.136. The van der Waals surface area contributed by atoms with Gasteiger partial charge in [0.15, 0.2) is 0 Å². The highest BCUT2D eigenvalue weighted by Gasteiger charge is 2.31. The molecule has 132 valence electrons. The molecule has 25 heavy (non-hydrogen) atoms. The number of rotatable bonds is 4. The topological polar surface area (TPSA) is 53.8 Å². The monoisotopic (exact) mass is 340 g/mol. The van der Waals surface area contributed by atoms with Gasteiger partial charge >= 0.3 is 0 Å². The molecular weight excluding hydrogens is 316 g/mol. The van der Waals surface area contributed by atoms with Crippen molar-refractivity contribution in [1.82, 2.24) is 9.80 Å². The summed E-state index contributed by atoms with van der Waals surface area (Å²) in [6.07, 6.45) is 1.12. The van der Waals surface area contributed by atoms with Crippen LogP contribution in [0.1, 0.15) is 42.0 Å². The predicted molar refractivity (Wildman–Crippen MR) is 94.8 cm³/mol. The van der Waals surface area contributed by atoms with Gasteiger partial charge in [-0.2, -0.15) is 0 Å². The van der Waals surface area contributed by atoms with Crippen molar-refractivity contribution in [3.05, 3.63) is 59.0 Å². The molecule has 0 fully saturated rings. The summed E-state index contributed by atoms with van der Waals surface area (Å²) in [6.45, 7) is 4.54. The minimum atomic E-state index is -0.198. The molecule has 0 saturated carbocycles. The summed E-state index contributed by atoms with van der Waals surface area (Å²) in [5, 5.41) is 0. The Balaban J connectivity index is 1.76. The van der Waals surface area contributed by atoms with E-state index in [1.807, 2.05) is 42.2 Å². The van der Waals surface area contributed by atoms with Crippen LogP contribution in [0.25, 0.3) is 0 Å². The lowest BCUT2D eigenvalue weighted by Gasteiger charge is -2.37. The number of hydrogen-bond acceptors (Lipinski definition) is 3. The Hall–Kier alpha value is -2.56. The lowest BCUT2D eigenvalue weighted by Crippen LogP contribution is -2.41. The summed E-state index contributed by atoms with van der Waals surface area (Å²) in [4.78, 5) is 28.3. The lowest BCUT2D eigenvalue weighted by atomic mass is 9.90. The van der Waals surface area contributed by atoms with Gasteiger partial charge in [0.1, 0.15) is 11.5 Å². The van der Waals surface area contributed by atoms with E-state index in [1.165, 1.54) is 5.56 Å². The highest BCUT2D eigenvalue weighted by Crippen LogP contribution is 2.32. The van der Waals surface area contributed by atoms with E-state index in [2.05, 4.69) is 6.07 Å². The van der Waals surface area contributed by atoms with Crippen molar-refractivity contribution in [2.24, 2.45) is 0 Å². The summed E-state index contributed by atoms with van der Waals surface area (Å²) >= 11 is 0. The molecule has 1 aliphatic heterocycles. The van der Waals surface area contributed by atoms with Crippen molar-refractivity contribution in [2.75, 3.05) is 13.6 Å². The van der Waals surface area contributed by atoms with E-state index in [0.29, 0.717) is 13.1 Å². The Morgan fingerprint density at radius 2 is 2.00 bits per heavy atom. The molecule has 2 aromatic rings. The quantitative estimate of drug-likeness (QED) is 0.859. The van der Waals surface area contributed by atoms with Crippen molar-refractivity contribution < 1.29 is 14.0 Å². The van der Waals surface area contributed by atoms with Crippen LogP contribution in [-0.4, -0.2) is 35.2 Å². The normalized spacial score (nSPS) is 16.4. The molecule has 0 saturated heterocycles. The van der Waals surface area contributed by atoms with E-state index in [9.17, 15) is 9.59 Å². The van der Waals surface area contributed by atoms with Gasteiger partial charge in [-0.25, -0.2) is 0 Å². The Labute approximate surface area is 148 Å². The number of aryl methyl sites for hydroxylation is 1. The van der Waals surface area contributed by atoms with Crippen LogP contribution in [0.5, 0.6) is 0 Å². The van der Waals surface area contributed by atoms with Crippen LogP contribution in [0.15, 0.2) is 40.8 Å². The van der Waals surface area contributed by atoms with Gasteiger partial charge < -0.3 is 14.2 Å². The highest BCUT2D eigenvalue weighted by molar-refractivity contribution is 5.79.